The van der Waals surface area contributed by atoms with Crippen molar-refractivity contribution in [1.29, 1.82) is 0 Å². The summed E-state index contributed by atoms with van der Waals surface area (Å²) in [5.74, 6) is 1.08. The van der Waals surface area contributed by atoms with Crippen molar-refractivity contribution in [3.63, 3.8) is 0 Å². The van der Waals surface area contributed by atoms with Crippen molar-refractivity contribution in [3.8, 4) is 0 Å². The van der Waals surface area contributed by atoms with Crippen LogP contribution in [0.15, 0.2) is 12.7 Å². The lowest BCUT2D eigenvalue weighted by Gasteiger charge is -2.59. The van der Waals surface area contributed by atoms with Crippen molar-refractivity contribution in [2.75, 3.05) is 19.5 Å². The van der Waals surface area contributed by atoms with Gasteiger partial charge in [0.1, 0.15) is 6.10 Å². The van der Waals surface area contributed by atoms with E-state index in [1.54, 1.807) is 0 Å². The molecule has 0 bridgehead atoms. The zero-order valence-electron chi connectivity index (χ0n) is 15.1. The predicted octanol–water partition coefficient (Wildman–Crippen LogP) is 4.80. The van der Waals surface area contributed by atoms with Gasteiger partial charge in [-0.3, -0.25) is 0 Å². The summed E-state index contributed by atoms with van der Waals surface area (Å²) in [7, 11) is 0. The largest absolute Gasteiger partial charge is 0.475 e. The Kier molecular flexibility index (Phi) is 5.65. The monoisotopic (exact) mass is 370 g/mol. The van der Waals surface area contributed by atoms with Crippen LogP contribution in [0, 0.1) is 23.2 Å². The van der Waals surface area contributed by atoms with Crippen molar-refractivity contribution in [1.82, 2.24) is 0 Å². The molecule has 3 aliphatic rings. The first-order valence-corrected chi connectivity index (χ1v) is 10.7. The van der Waals surface area contributed by atoms with Gasteiger partial charge in [0.15, 0.2) is 5.79 Å². The summed E-state index contributed by atoms with van der Waals surface area (Å²) < 4.78 is 19.3. The van der Waals surface area contributed by atoms with E-state index in [2.05, 4.69) is 20.4 Å². The molecule has 3 nitrogen and oxygen atoms in total. The molecule has 0 N–H and O–H groups in total. The first-order valence-electron chi connectivity index (χ1n) is 9.10. The third kappa shape index (κ3) is 3.06. The van der Waals surface area contributed by atoms with Crippen LogP contribution in [-0.2, 0) is 14.2 Å². The average molecular weight is 371 g/mol. The molecule has 5 heteroatoms. The molecule has 1 heterocycles. The summed E-state index contributed by atoms with van der Waals surface area (Å²) in [5.41, 5.74) is 0.0292. The highest BCUT2D eigenvalue weighted by molar-refractivity contribution is 8.22. The van der Waals surface area contributed by atoms with Crippen molar-refractivity contribution >= 4 is 28.4 Å². The molecule has 136 valence electrons. The van der Waals surface area contributed by atoms with Gasteiger partial charge in [-0.05, 0) is 56.0 Å². The van der Waals surface area contributed by atoms with Gasteiger partial charge in [-0.2, -0.15) is 0 Å². The fraction of sp³-hybridized carbons (Fsp3) is 0.842. The van der Waals surface area contributed by atoms with E-state index in [-0.39, 0.29) is 17.3 Å². The summed E-state index contributed by atoms with van der Waals surface area (Å²) >= 11 is 6.90. The SMILES string of the molecule is C=CC[C@@]1(C)C2CCCC3(OCCO3)[C@H]2C(C)C[C@@H]1OC(=S)SC. The lowest BCUT2D eigenvalue weighted by atomic mass is 9.51. The van der Waals surface area contributed by atoms with Gasteiger partial charge < -0.3 is 14.2 Å². The van der Waals surface area contributed by atoms with Crippen LogP contribution in [-0.4, -0.2) is 35.7 Å². The maximum Gasteiger partial charge on any atom is 0.219 e. The van der Waals surface area contributed by atoms with Gasteiger partial charge in [-0.15, -0.1) is 6.58 Å². The van der Waals surface area contributed by atoms with Crippen LogP contribution in [0.3, 0.4) is 0 Å². The molecule has 0 aromatic rings. The molecule has 1 spiro atoms. The van der Waals surface area contributed by atoms with Gasteiger partial charge in [-0.25, -0.2) is 0 Å². The van der Waals surface area contributed by atoms with Crippen LogP contribution in [0.25, 0.3) is 0 Å². The Balaban J connectivity index is 1.93. The van der Waals surface area contributed by atoms with E-state index >= 15 is 0 Å². The third-order valence-corrected chi connectivity index (χ3v) is 7.55. The predicted molar refractivity (Wildman–Crippen MR) is 103 cm³/mol. The molecule has 1 saturated heterocycles. The fourth-order valence-electron chi connectivity index (χ4n) is 5.53. The minimum atomic E-state index is -0.365. The Morgan fingerprint density at radius 1 is 1.42 bits per heavy atom. The number of ether oxygens (including phenoxy) is 3. The first-order chi connectivity index (χ1) is 11.5. The Labute approximate surface area is 155 Å². The Morgan fingerprint density at radius 2 is 2.12 bits per heavy atom. The number of hydrogen-bond acceptors (Lipinski definition) is 5. The van der Waals surface area contributed by atoms with Crippen molar-refractivity contribution in [2.45, 2.75) is 57.8 Å². The van der Waals surface area contributed by atoms with Gasteiger partial charge in [0.2, 0.25) is 4.38 Å². The summed E-state index contributed by atoms with van der Waals surface area (Å²) in [6.07, 6.45) is 9.50. The molecular weight excluding hydrogens is 340 g/mol. The van der Waals surface area contributed by atoms with Gasteiger partial charge >= 0.3 is 0 Å². The quantitative estimate of drug-likeness (QED) is 0.525. The van der Waals surface area contributed by atoms with Crippen molar-refractivity contribution < 1.29 is 14.2 Å². The molecule has 3 rings (SSSR count). The summed E-state index contributed by atoms with van der Waals surface area (Å²) in [6, 6.07) is 0. The van der Waals surface area contributed by atoms with E-state index in [0.29, 0.717) is 22.1 Å². The molecule has 2 saturated carbocycles. The van der Waals surface area contributed by atoms with Crippen LogP contribution in [0.5, 0.6) is 0 Å². The highest BCUT2D eigenvalue weighted by atomic mass is 32.2. The summed E-state index contributed by atoms with van der Waals surface area (Å²) in [4.78, 5) is 0. The van der Waals surface area contributed by atoms with Crippen LogP contribution in [0.4, 0.5) is 0 Å². The molecule has 0 aromatic carbocycles. The Hall–Kier alpha value is -0.100. The molecule has 2 unspecified atom stereocenters. The topological polar surface area (TPSA) is 27.7 Å². The minimum Gasteiger partial charge on any atom is -0.475 e. The minimum absolute atomic E-state index is 0.0292. The second-order valence-corrected chi connectivity index (χ2v) is 9.21. The lowest BCUT2D eigenvalue weighted by molar-refractivity contribution is -0.269. The molecule has 1 aliphatic heterocycles. The molecule has 0 radical (unpaired) electrons. The normalized spacial score (nSPS) is 41.0. The molecule has 24 heavy (non-hydrogen) atoms. The van der Waals surface area contributed by atoms with Crippen LogP contribution in [0.1, 0.15) is 46.0 Å². The maximum atomic E-state index is 6.24. The summed E-state index contributed by atoms with van der Waals surface area (Å²) in [5, 5.41) is 0. The number of hydrogen-bond donors (Lipinski definition) is 0. The van der Waals surface area contributed by atoms with E-state index < -0.39 is 0 Å². The summed E-state index contributed by atoms with van der Waals surface area (Å²) in [6.45, 7) is 10.2. The van der Waals surface area contributed by atoms with E-state index in [0.717, 1.165) is 38.9 Å². The van der Waals surface area contributed by atoms with E-state index in [1.807, 2.05) is 12.3 Å². The van der Waals surface area contributed by atoms with Crippen LogP contribution in [0.2, 0.25) is 0 Å². The van der Waals surface area contributed by atoms with Crippen molar-refractivity contribution in [3.05, 3.63) is 12.7 Å². The third-order valence-electron chi connectivity index (χ3n) is 6.53. The van der Waals surface area contributed by atoms with E-state index in [4.69, 9.17) is 26.4 Å². The zero-order valence-corrected chi connectivity index (χ0v) is 16.7. The molecule has 2 aliphatic carbocycles. The number of rotatable bonds is 3. The smallest absolute Gasteiger partial charge is 0.219 e. The maximum absolute atomic E-state index is 6.24. The number of fused-ring (bicyclic) bond motifs is 2. The number of allylic oxidation sites excluding steroid dienone is 1. The Bertz CT molecular complexity index is 489. The number of thioether (sulfide) groups is 1. The van der Waals surface area contributed by atoms with E-state index in [1.165, 1.54) is 18.2 Å². The second-order valence-electron chi connectivity index (χ2n) is 7.81. The number of thiocarbonyl (C=S) groups is 1. The standard InChI is InChI=1S/C19H30O3S2/c1-5-8-18(3)14-7-6-9-19(20-10-11-21-19)16(14)13(2)12-15(18)22-17(23)24-4/h5,13-16H,1,6-12H2,2-4H3/t13?,14?,15-,16-,18-/m0/s1. The van der Waals surface area contributed by atoms with Crippen molar-refractivity contribution in [2.24, 2.45) is 23.2 Å². The second kappa shape index (κ2) is 7.26. The van der Waals surface area contributed by atoms with Gasteiger partial charge in [0.05, 0.1) is 13.2 Å². The van der Waals surface area contributed by atoms with E-state index in [9.17, 15) is 0 Å². The Morgan fingerprint density at radius 3 is 2.75 bits per heavy atom. The highest BCUT2D eigenvalue weighted by Crippen LogP contribution is 2.60. The molecular formula is C19H30O3S2. The van der Waals surface area contributed by atoms with Gasteiger partial charge in [0, 0.05) is 17.8 Å². The lowest BCUT2D eigenvalue weighted by Crippen LogP contribution is -2.60. The van der Waals surface area contributed by atoms with Gasteiger partial charge in [-0.1, -0.05) is 31.7 Å². The highest BCUT2D eigenvalue weighted by Gasteiger charge is 2.61. The zero-order chi connectivity index (χ0) is 17.4. The molecule has 3 fully saturated rings. The molecule has 0 aromatic heterocycles. The molecule has 5 atom stereocenters. The van der Waals surface area contributed by atoms with Gasteiger partial charge in [0.25, 0.3) is 0 Å². The first kappa shape index (κ1) is 18.7. The fourth-order valence-corrected chi connectivity index (χ4v) is 5.86. The van der Waals surface area contributed by atoms with Crippen LogP contribution < -0.4 is 0 Å². The molecule has 0 amide bonds. The average Bonchev–Trinajstić information content (AvgIpc) is 3.01. The van der Waals surface area contributed by atoms with Crippen LogP contribution >= 0.6 is 24.0 Å².